The first-order chi connectivity index (χ1) is 28.7. The Balaban J connectivity index is 2.08. The highest BCUT2D eigenvalue weighted by atomic mass is 28.4. The van der Waals surface area contributed by atoms with Crippen LogP contribution in [0.4, 0.5) is 0 Å². The van der Waals surface area contributed by atoms with Gasteiger partial charge < -0.3 is 37.3 Å². The van der Waals surface area contributed by atoms with Crippen LogP contribution >= 0.6 is 0 Å². The number of hydrogen-bond donors (Lipinski definition) is 0. The summed E-state index contributed by atoms with van der Waals surface area (Å²) < 4.78 is 52.4. The zero-order valence-corrected chi connectivity index (χ0v) is 44.4. The number of hydrogen-bond acceptors (Lipinski definition) is 9. The fourth-order valence-electron chi connectivity index (χ4n) is 8.17. The first-order valence-corrected chi connectivity index (χ1v) is 29.5. The highest BCUT2D eigenvalue weighted by molar-refractivity contribution is 6.74. The van der Waals surface area contributed by atoms with Gasteiger partial charge in [0.15, 0.2) is 22.4 Å². The maximum atomic E-state index is 14.7. The largest absolute Gasteiger partial charge is 0.497 e. The molecule has 0 spiro atoms. The Bertz CT molecular complexity index is 1540. The van der Waals surface area contributed by atoms with Gasteiger partial charge in [-0.15, -0.1) is 0 Å². The Labute approximate surface area is 381 Å². The molecule has 0 N–H and O–H groups in total. The van der Waals surface area contributed by atoms with Gasteiger partial charge in [-0.25, -0.2) is 0 Å². The third kappa shape index (κ3) is 16.6. The van der Waals surface area contributed by atoms with Crippen LogP contribution in [0.5, 0.6) is 5.75 Å². The molecular weight excluding hydrogens is 813 g/mol. The number of allylic oxidation sites excluding steroid dienone is 3. The quantitative estimate of drug-likeness (QED) is 0.159. The summed E-state index contributed by atoms with van der Waals surface area (Å²) >= 11 is 0. The topological polar surface area (TPSA) is 90.9 Å². The fourth-order valence-corrected chi connectivity index (χ4v) is 11.0. The van der Waals surface area contributed by atoms with Crippen LogP contribution in [0, 0.1) is 23.7 Å². The standard InChI is InChI=1S/C51H90O9Si2/c1-36-24-21-19-20-22-25-41(53-13)26-23-27-43(59-61(15,16)49(5,6)7)32-44(37(2)34-55-35-40-28-30-42(54-14)31-29-40)56-46(52)33-45(60-62(17,18)50(8,9)10)38(3)48-39(4)47(36)57-51(11,12)58-48/h19-22,28-31,36-39,41,43-45,47-48H,23-27,32-35H2,1-18H3/b21-19+,22-20-/t36-,37+,38+,39-,41+,43+,44-,45+,47+,48-/m0/s1. The molecule has 0 aromatic heterocycles. The maximum Gasteiger partial charge on any atom is 0.308 e. The predicted molar refractivity (Wildman–Crippen MR) is 259 cm³/mol. The average Bonchev–Trinajstić information content (AvgIpc) is 3.16. The van der Waals surface area contributed by atoms with E-state index in [0.29, 0.717) is 19.6 Å². The number of carbonyl (C=O) groups is 1. The summed E-state index contributed by atoms with van der Waals surface area (Å²) in [6.45, 7) is 36.4. The molecule has 1 aromatic rings. The summed E-state index contributed by atoms with van der Waals surface area (Å²) in [6.07, 6.45) is 12.7. The monoisotopic (exact) mass is 903 g/mol. The number of rotatable bonds is 11. The highest BCUT2D eigenvalue weighted by Gasteiger charge is 2.49. The van der Waals surface area contributed by atoms with E-state index in [4.69, 9.17) is 37.3 Å². The van der Waals surface area contributed by atoms with E-state index in [9.17, 15) is 4.79 Å². The third-order valence-electron chi connectivity index (χ3n) is 14.3. The Morgan fingerprint density at radius 3 is 1.94 bits per heavy atom. The molecule has 2 bridgehead atoms. The molecule has 2 aliphatic heterocycles. The number of ether oxygens (including phenoxy) is 6. The normalized spacial score (nSPS) is 30.9. The smallest absolute Gasteiger partial charge is 0.308 e. The maximum absolute atomic E-state index is 14.7. The van der Waals surface area contributed by atoms with E-state index in [2.05, 4.69) is 120 Å². The van der Waals surface area contributed by atoms with Crippen LogP contribution in [0.15, 0.2) is 48.6 Å². The molecule has 356 valence electrons. The number of carbonyl (C=O) groups excluding carboxylic acids is 1. The van der Waals surface area contributed by atoms with Crippen molar-refractivity contribution in [2.24, 2.45) is 23.7 Å². The molecule has 2 aliphatic rings. The minimum absolute atomic E-state index is 0.0135. The first kappa shape index (κ1) is 54.5. The van der Waals surface area contributed by atoms with E-state index in [1.54, 1.807) is 14.2 Å². The van der Waals surface area contributed by atoms with Gasteiger partial charge in [0.25, 0.3) is 0 Å². The number of esters is 1. The molecule has 0 saturated carbocycles. The zero-order valence-electron chi connectivity index (χ0n) is 42.4. The Morgan fingerprint density at radius 2 is 1.35 bits per heavy atom. The van der Waals surface area contributed by atoms with Crippen molar-refractivity contribution >= 4 is 22.6 Å². The van der Waals surface area contributed by atoms with Crippen LogP contribution in [-0.2, 0) is 43.9 Å². The summed E-state index contributed by atoms with van der Waals surface area (Å²) in [7, 11) is -1.08. The van der Waals surface area contributed by atoms with Crippen molar-refractivity contribution < 1.29 is 42.1 Å². The number of methoxy groups -OCH3 is 2. The molecule has 0 aliphatic carbocycles. The minimum atomic E-state index is -2.35. The van der Waals surface area contributed by atoms with Crippen molar-refractivity contribution in [3.63, 3.8) is 0 Å². The molecule has 0 amide bonds. The minimum Gasteiger partial charge on any atom is -0.497 e. The average molecular weight is 903 g/mol. The molecule has 1 saturated heterocycles. The highest BCUT2D eigenvalue weighted by Crippen LogP contribution is 2.44. The van der Waals surface area contributed by atoms with Crippen LogP contribution in [0.3, 0.4) is 0 Å². The lowest BCUT2D eigenvalue weighted by Gasteiger charge is -2.50. The van der Waals surface area contributed by atoms with Gasteiger partial charge in [0.2, 0.25) is 0 Å². The summed E-state index contributed by atoms with van der Waals surface area (Å²) in [4.78, 5) is 14.7. The van der Waals surface area contributed by atoms with E-state index in [1.165, 1.54) is 0 Å². The van der Waals surface area contributed by atoms with E-state index in [-0.39, 0.29) is 70.6 Å². The lowest BCUT2D eigenvalue weighted by atomic mass is 9.79. The van der Waals surface area contributed by atoms with Crippen molar-refractivity contribution in [2.45, 2.75) is 213 Å². The molecule has 9 nitrogen and oxygen atoms in total. The summed E-state index contributed by atoms with van der Waals surface area (Å²) in [6, 6.07) is 7.94. The van der Waals surface area contributed by atoms with E-state index >= 15 is 0 Å². The Kier molecular flexibility index (Phi) is 20.7. The lowest BCUT2D eigenvalue weighted by Crippen LogP contribution is -2.57. The number of benzene rings is 1. The van der Waals surface area contributed by atoms with Crippen LogP contribution in [-0.4, -0.2) is 85.8 Å². The van der Waals surface area contributed by atoms with Gasteiger partial charge in [-0.2, -0.15) is 0 Å². The van der Waals surface area contributed by atoms with E-state index in [0.717, 1.165) is 43.4 Å². The molecule has 1 fully saturated rings. The second-order valence-corrected chi connectivity index (χ2v) is 31.6. The zero-order chi connectivity index (χ0) is 46.7. The Hall–Kier alpha value is -1.84. The van der Waals surface area contributed by atoms with Gasteiger partial charge in [-0.05, 0) is 106 Å². The molecule has 1 aromatic carbocycles. The van der Waals surface area contributed by atoms with Gasteiger partial charge in [-0.1, -0.05) is 106 Å². The van der Waals surface area contributed by atoms with Crippen molar-refractivity contribution in [2.75, 3.05) is 20.8 Å². The Morgan fingerprint density at radius 1 is 0.790 bits per heavy atom. The summed E-state index contributed by atoms with van der Waals surface area (Å²) in [5.74, 6) is -0.168. The van der Waals surface area contributed by atoms with Gasteiger partial charge in [0.1, 0.15) is 11.9 Å². The summed E-state index contributed by atoms with van der Waals surface area (Å²) in [5, 5.41) is -0.0508. The van der Waals surface area contributed by atoms with E-state index < -0.39 is 34.6 Å². The van der Waals surface area contributed by atoms with Crippen molar-refractivity contribution in [3.8, 4) is 5.75 Å². The molecule has 10 atom stereocenters. The fraction of sp³-hybridized carbons (Fsp3) is 0.784. The van der Waals surface area contributed by atoms with Crippen molar-refractivity contribution in [1.29, 1.82) is 0 Å². The lowest BCUT2D eigenvalue weighted by molar-refractivity contribution is -0.337. The third-order valence-corrected chi connectivity index (χ3v) is 23.4. The molecular formula is C51H90O9Si2. The van der Waals surface area contributed by atoms with Gasteiger partial charge in [0.05, 0.1) is 51.2 Å². The second kappa shape index (κ2) is 23.6. The van der Waals surface area contributed by atoms with Crippen LogP contribution in [0.2, 0.25) is 36.3 Å². The molecule has 3 rings (SSSR count). The first-order valence-electron chi connectivity index (χ1n) is 23.7. The van der Waals surface area contributed by atoms with Gasteiger partial charge >= 0.3 is 5.97 Å². The number of cyclic esters (lactones) is 1. The van der Waals surface area contributed by atoms with Crippen LogP contribution < -0.4 is 4.74 Å². The van der Waals surface area contributed by atoms with Crippen molar-refractivity contribution in [1.82, 2.24) is 0 Å². The van der Waals surface area contributed by atoms with E-state index in [1.807, 2.05) is 38.1 Å². The predicted octanol–water partition coefficient (Wildman–Crippen LogP) is 12.8. The second-order valence-electron chi connectivity index (χ2n) is 22.1. The van der Waals surface area contributed by atoms with Crippen molar-refractivity contribution in [3.05, 3.63) is 54.1 Å². The number of fused-ring (bicyclic) bond motifs is 2. The molecule has 0 radical (unpaired) electrons. The molecule has 62 heavy (non-hydrogen) atoms. The molecule has 2 heterocycles. The SMILES string of the molecule is COc1ccc(COC[C@@H](C)[C@@H]2C[C@H](O[Si](C)(C)C(C)(C)C)CCC[C@H](OC)C/C=C\C=C\C[C@H](C)[C@H]3OC(C)(C)O[C@H]([C@H]3C)[C@H](C)[C@H](O[Si](C)(C)C(C)(C)C)CC(=O)O2)cc1. The van der Waals surface area contributed by atoms with Gasteiger partial charge in [-0.3, -0.25) is 4.79 Å². The van der Waals surface area contributed by atoms with Crippen LogP contribution in [0.25, 0.3) is 0 Å². The molecule has 11 heteroatoms. The van der Waals surface area contributed by atoms with Crippen LogP contribution in [0.1, 0.15) is 134 Å². The summed E-state index contributed by atoms with van der Waals surface area (Å²) in [5.41, 5.74) is 1.05. The molecule has 0 unspecified atom stereocenters. The van der Waals surface area contributed by atoms with Gasteiger partial charge in [0, 0.05) is 37.4 Å².